The highest BCUT2D eigenvalue weighted by Crippen LogP contribution is 2.23. The first-order valence-corrected chi connectivity index (χ1v) is 5.28. The lowest BCUT2D eigenvalue weighted by atomic mass is 10.0. The highest BCUT2D eigenvalue weighted by molar-refractivity contribution is 5.78. The summed E-state index contributed by atoms with van der Waals surface area (Å²) < 4.78 is 0. The number of amides is 1. The zero-order valence-electron chi connectivity index (χ0n) is 8.95. The van der Waals surface area contributed by atoms with E-state index in [9.17, 15) is 4.79 Å². The van der Waals surface area contributed by atoms with E-state index in [0.717, 1.165) is 19.3 Å². The molecule has 2 atom stereocenters. The molecule has 1 aliphatic rings. The summed E-state index contributed by atoms with van der Waals surface area (Å²) in [6, 6.07) is 0.0117. The number of carbonyl (C=O) groups is 1. The third-order valence-corrected chi connectivity index (χ3v) is 2.50. The summed E-state index contributed by atoms with van der Waals surface area (Å²) >= 11 is 0. The molecule has 1 saturated carbocycles. The largest absolute Gasteiger partial charge is 0.327 e. The lowest BCUT2D eigenvalue weighted by Crippen LogP contribution is -2.39. The number of carbonyl (C=O) groups excluding carboxylic acids is 1. The van der Waals surface area contributed by atoms with Crippen LogP contribution in [0.1, 0.15) is 33.1 Å². The molecule has 0 aromatic carbocycles. The maximum atomic E-state index is 11.5. The first-order chi connectivity index (χ1) is 6.61. The summed E-state index contributed by atoms with van der Waals surface area (Å²) in [5.74, 6) is 0.311. The quantitative estimate of drug-likeness (QED) is 0.660. The average Bonchev–Trinajstić information content (AvgIpc) is 2.50. The summed E-state index contributed by atoms with van der Waals surface area (Å²) in [5.41, 5.74) is 8.26. The summed E-state index contributed by atoms with van der Waals surface area (Å²) in [6.45, 7) is 4.62. The second kappa shape index (κ2) is 5.32. The molecular weight excluding hydrogens is 180 g/mol. The molecule has 3 N–H and O–H groups in total. The third-order valence-electron chi connectivity index (χ3n) is 2.50. The van der Waals surface area contributed by atoms with Crippen LogP contribution in [0.4, 0.5) is 0 Å². The lowest BCUT2D eigenvalue weighted by Gasteiger charge is -2.15. The summed E-state index contributed by atoms with van der Waals surface area (Å²) in [4.78, 5) is 16.6. The van der Waals surface area contributed by atoms with E-state index in [1.54, 1.807) is 0 Å². The Morgan fingerprint density at radius 1 is 1.57 bits per heavy atom. The molecule has 2 unspecified atom stereocenters. The number of rotatable bonds is 4. The van der Waals surface area contributed by atoms with Gasteiger partial charge in [0, 0.05) is 6.04 Å². The zero-order valence-corrected chi connectivity index (χ0v) is 8.95. The van der Waals surface area contributed by atoms with Gasteiger partial charge in [-0.15, -0.1) is 0 Å². The van der Waals surface area contributed by atoms with Gasteiger partial charge in [-0.3, -0.25) is 9.63 Å². The van der Waals surface area contributed by atoms with Gasteiger partial charge in [-0.2, -0.15) is 0 Å². The van der Waals surface area contributed by atoms with Crippen molar-refractivity contribution in [3.63, 3.8) is 0 Å². The maximum absolute atomic E-state index is 11.5. The average molecular weight is 200 g/mol. The molecule has 1 amide bonds. The van der Waals surface area contributed by atoms with E-state index >= 15 is 0 Å². The Balaban J connectivity index is 2.21. The Morgan fingerprint density at radius 2 is 2.29 bits per heavy atom. The Labute approximate surface area is 85.1 Å². The van der Waals surface area contributed by atoms with Crippen molar-refractivity contribution >= 4 is 5.91 Å². The second-order valence-electron chi connectivity index (χ2n) is 4.37. The van der Waals surface area contributed by atoms with Crippen molar-refractivity contribution in [1.82, 2.24) is 5.48 Å². The van der Waals surface area contributed by atoms with E-state index < -0.39 is 0 Å². The maximum Gasteiger partial charge on any atom is 0.248 e. The lowest BCUT2D eigenvalue weighted by molar-refractivity contribution is -0.138. The van der Waals surface area contributed by atoms with E-state index in [0.29, 0.717) is 12.5 Å². The SMILES string of the molecule is CC(C)CONC(=O)C1CCCC1N. The second-order valence-corrected chi connectivity index (χ2v) is 4.37. The minimum Gasteiger partial charge on any atom is -0.327 e. The van der Waals surface area contributed by atoms with Crippen LogP contribution in [0.3, 0.4) is 0 Å². The smallest absolute Gasteiger partial charge is 0.248 e. The van der Waals surface area contributed by atoms with Crippen molar-refractivity contribution in [2.75, 3.05) is 6.61 Å². The fourth-order valence-electron chi connectivity index (χ4n) is 1.67. The molecule has 0 aliphatic heterocycles. The van der Waals surface area contributed by atoms with E-state index in [2.05, 4.69) is 5.48 Å². The third kappa shape index (κ3) is 3.27. The number of hydrogen-bond donors (Lipinski definition) is 2. The molecule has 0 saturated heterocycles. The van der Waals surface area contributed by atoms with Gasteiger partial charge in [0.05, 0.1) is 12.5 Å². The van der Waals surface area contributed by atoms with Gasteiger partial charge in [0.1, 0.15) is 0 Å². The van der Waals surface area contributed by atoms with Crippen LogP contribution in [-0.2, 0) is 9.63 Å². The highest BCUT2D eigenvalue weighted by Gasteiger charge is 2.30. The van der Waals surface area contributed by atoms with E-state index in [1.807, 2.05) is 13.8 Å². The molecule has 4 nitrogen and oxygen atoms in total. The molecule has 4 heteroatoms. The normalized spacial score (nSPS) is 26.9. The van der Waals surface area contributed by atoms with Crippen LogP contribution < -0.4 is 11.2 Å². The molecule has 0 spiro atoms. The minimum atomic E-state index is -0.0596. The van der Waals surface area contributed by atoms with Gasteiger partial charge in [-0.05, 0) is 18.8 Å². The molecular formula is C10H20N2O2. The predicted octanol–water partition coefficient (Wildman–Crippen LogP) is 0.818. The standard InChI is InChI=1S/C10H20N2O2/c1-7(2)6-14-12-10(13)8-4-3-5-9(8)11/h7-9H,3-6,11H2,1-2H3,(H,12,13). The molecule has 82 valence electrons. The number of hydroxylamine groups is 1. The van der Waals surface area contributed by atoms with Gasteiger partial charge in [-0.25, -0.2) is 5.48 Å². The molecule has 0 radical (unpaired) electrons. The Bertz CT molecular complexity index is 195. The van der Waals surface area contributed by atoms with Gasteiger partial charge >= 0.3 is 0 Å². The van der Waals surface area contributed by atoms with Gasteiger partial charge in [0.15, 0.2) is 0 Å². The van der Waals surface area contributed by atoms with Crippen molar-refractivity contribution in [2.45, 2.75) is 39.2 Å². The fraction of sp³-hybridized carbons (Fsp3) is 0.900. The van der Waals surface area contributed by atoms with Gasteiger partial charge < -0.3 is 5.73 Å². The van der Waals surface area contributed by atoms with Crippen LogP contribution in [0.2, 0.25) is 0 Å². The van der Waals surface area contributed by atoms with Crippen LogP contribution >= 0.6 is 0 Å². The molecule has 1 fully saturated rings. The molecule has 0 aromatic rings. The van der Waals surface area contributed by atoms with Crippen LogP contribution in [0, 0.1) is 11.8 Å². The van der Waals surface area contributed by atoms with Crippen molar-refractivity contribution in [3.05, 3.63) is 0 Å². The van der Waals surface area contributed by atoms with Crippen LogP contribution in [-0.4, -0.2) is 18.6 Å². The first kappa shape index (κ1) is 11.5. The Hall–Kier alpha value is -0.610. The fourth-order valence-corrected chi connectivity index (χ4v) is 1.67. The summed E-state index contributed by atoms with van der Waals surface area (Å²) in [6.07, 6.45) is 2.88. The predicted molar refractivity (Wildman–Crippen MR) is 54.2 cm³/mol. The Kier molecular flexibility index (Phi) is 4.35. The van der Waals surface area contributed by atoms with Gasteiger partial charge in [0.2, 0.25) is 5.91 Å². The molecule has 0 bridgehead atoms. The van der Waals surface area contributed by atoms with Crippen molar-refractivity contribution in [3.8, 4) is 0 Å². The summed E-state index contributed by atoms with van der Waals surface area (Å²) in [5, 5.41) is 0. The Morgan fingerprint density at radius 3 is 2.79 bits per heavy atom. The van der Waals surface area contributed by atoms with Crippen LogP contribution in [0.25, 0.3) is 0 Å². The molecule has 0 aromatic heterocycles. The van der Waals surface area contributed by atoms with E-state index in [1.165, 1.54) is 0 Å². The zero-order chi connectivity index (χ0) is 10.6. The van der Waals surface area contributed by atoms with E-state index in [4.69, 9.17) is 10.6 Å². The van der Waals surface area contributed by atoms with Crippen molar-refractivity contribution < 1.29 is 9.63 Å². The van der Waals surface area contributed by atoms with Crippen molar-refractivity contribution in [2.24, 2.45) is 17.6 Å². The van der Waals surface area contributed by atoms with Gasteiger partial charge in [-0.1, -0.05) is 20.3 Å². The van der Waals surface area contributed by atoms with Crippen molar-refractivity contribution in [1.29, 1.82) is 0 Å². The van der Waals surface area contributed by atoms with Crippen LogP contribution in [0.5, 0.6) is 0 Å². The molecule has 14 heavy (non-hydrogen) atoms. The molecule has 1 rings (SSSR count). The van der Waals surface area contributed by atoms with Crippen LogP contribution in [0.15, 0.2) is 0 Å². The number of nitrogens with one attached hydrogen (secondary N) is 1. The van der Waals surface area contributed by atoms with Gasteiger partial charge in [0.25, 0.3) is 0 Å². The number of hydrogen-bond acceptors (Lipinski definition) is 3. The summed E-state index contributed by atoms with van der Waals surface area (Å²) in [7, 11) is 0. The topological polar surface area (TPSA) is 64.3 Å². The minimum absolute atomic E-state index is 0.0117. The monoisotopic (exact) mass is 200 g/mol. The number of nitrogens with two attached hydrogens (primary N) is 1. The molecule has 0 heterocycles. The van der Waals surface area contributed by atoms with E-state index in [-0.39, 0.29) is 17.9 Å². The molecule has 1 aliphatic carbocycles. The first-order valence-electron chi connectivity index (χ1n) is 5.28. The highest BCUT2D eigenvalue weighted by atomic mass is 16.6.